The lowest BCUT2D eigenvalue weighted by Crippen LogP contribution is -2.39. The van der Waals surface area contributed by atoms with Gasteiger partial charge in [-0.15, -0.1) is 0 Å². The van der Waals surface area contributed by atoms with E-state index in [0.717, 1.165) is 30.1 Å². The van der Waals surface area contributed by atoms with Gasteiger partial charge in [-0.3, -0.25) is 9.59 Å². The number of aldehydes is 1. The molecule has 7 heteroatoms. The maximum atomic E-state index is 12.2. The van der Waals surface area contributed by atoms with E-state index in [1.165, 1.54) is 5.56 Å². The molecule has 1 saturated heterocycles. The molecule has 1 N–H and O–H groups in total. The second-order valence-corrected chi connectivity index (χ2v) is 9.14. The van der Waals surface area contributed by atoms with Gasteiger partial charge in [0.25, 0.3) is 0 Å². The summed E-state index contributed by atoms with van der Waals surface area (Å²) in [7, 11) is 2.07. The Balaban J connectivity index is 1.47. The third-order valence-electron chi connectivity index (χ3n) is 5.95. The Morgan fingerprint density at radius 3 is 2.74 bits per heavy atom. The number of fused-ring (bicyclic) bond motifs is 1. The van der Waals surface area contributed by atoms with Crippen molar-refractivity contribution in [2.24, 2.45) is 5.92 Å². The number of aromatic nitrogens is 1. The second kappa shape index (κ2) is 10.7. The van der Waals surface area contributed by atoms with Crippen molar-refractivity contribution < 1.29 is 19.1 Å². The zero-order chi connectivity index (χ0) is 24.1. The number of nitrogens with zero attached hydrogens (tertiary/aromatic N) is 2. The molecular formula is C27H31N3O4. The molecule has 7 nitrogen and oxygen atoms in total. The number of rotatable bonds is 10. The van der Waals surface area contributed by atoms with Gasteiger partial charge in [0.15, 0.2) is 6.29 Å². The molecule has 0 spiro atoms. The Labute approximate surface area is 200 Å². The Kier molecular flexibility index (Phi) is 7.43. The summed E-state index contributed by atoms with van der Waals surface area (Å²) in [6, 6.07) is 15.6. The molecule has 2 aromatic carbocycles. The molecule has 0 bridgehead atoms. The van der Waals surface area contributed by atoms with Crippen LogP contribution in [0, 0.1) is 5.92 Å². The van der Waals surface area contributed by atoms with E-state index in [4.69, 9.17) is 9.47 Å². The Morgan fingerprint density at radius 1 is 1.21 bits per heavy atom. The number of nitrogens with one attached hydrogen (secondary N) is 1. The SMILES string of the molecule is CC(C)Oc1cc2c(OCC3NC(=O)C[C@@H]3CN(C)Cc3ccccc3)nccc2cc1C=O. The molecule has 0 saturated carbocycles. The predicted molar refractivity (Wildman–Crippen MR) is 131 cm³/mol. The molecule has 0 aliphatic carbocycles. The van der Waals surface area contributed by atoms with Gasteiger partial charge in [0, 0.05) is 37.0 Å². The maximum absolute atomic E-state index is 12.2. The van der Waals surface area contributed by atoms with Gasteiger partial charge in [-0.2, -0.15) is 0 Å². The molecule has 2 heterocycles. The molecule has 1 aromatic heterocycles. The fraction of sp³-hybridized carbons (Fsp3) is 0.370. The van der Waals surface area contributed by atoms with Crippen LogP contribution in [0.5, 0.6) is 11.6 Å². The van der Waals surface area contributed by atoms with Crippen LogP contribution in [0.4, 0.5) is 0 Å². The smallest absolute Gasteiger partial charge is 0.221 e. The van der Waals surface area contributed by atoms with Crippen LogP contribution in [0.2, 0.25) is 0 Å². The van der Waals surface area contributed by atoms with Crippen molar-refractivity contribution >= 4 is 23.0 Å². The molecule has 2 atom stereocenters. The summed E-state index contributed by atoms with van der Waals surface area (Å²) in [5.41, 5.74) is 1.73. The third kappa shape index (κ3) is 5.72. The standard InChI is InChI=1S/C27H31N3O4/c1-18(2)34-25-13-23-20(11-22(25)16-31)9-10-28-27(23)33-17-24-21(12-26(32)29-24)15-30(3)14-19-7-5-4-6-8-19/h4-11,13,16,18,21,24H,12,14-15,17H2,1-3H3,(H,29,32)/t21-,24?/m1/s1. The van der Waals surface area contributed by atoms with Gasteiger partial charge in [0.1, 0.15) is 12.4 Å². The number of ether oxygens (including phenoxy) is 2. The molecule has 0 radical (unpaired) electrons. The highest BCUT2D eigenvalue weighted by Gasteiger charge is 2.33. The van der Waals surface area contributed by atoms with Crippen molar-refractivity contribution in [1.29, 1.82) is 0 Å². The molecule has 1 aliphatic rings. The Morgan fingerprint density at radius 2 is 2.00 bits per heavy atom. The van der Waals surface area contributed by atoms with E-state index in [-0.39, 0.29) is 24.0 Å². The summed E-state index contributed by atoms with van der Waals surface area (Å²) < 4.78 is 12.0. The highest BCUT2D eigenvalue weighted by atomic mass is 16.5. The minimum atomic E-state index is -0.108. The monoisotopic (exact) mass is 461 g/mol. The van der Waals surface area contributed by atoms with Crippen LogP contribution in [0.1, 0.15) is 36.2 Å². The molecule has 34 heavy (non-hydrogen) atoms. The average molecular weight is 462 g/mol. The van der Waals surface area contributed by atoms with Crippen LogP contribution in [0.25, 0.3) is 10.8 Å². The van der Waals surface area contributed by atoms with Crippen LogP contribution < -0.4 is 14.8 Å². The number of carbonyl (C=O) groups excluding carboxylic acids is 2. The van der Waals surface area contributed by atoms with Crippen LogP contribution in [-0.2, 0) is 11.3 Å². The summed E-state index contributed by atoms with van der Waals surface area (Å²) in [5, 5.41) is 4.67. The zero-order valence-corrected chi connectivity index (χ0v) is 19.9. The lowest BCUT2D eigenvalue weighted by atomic mass is 10.0. The van der Waals surface area contributed by atoms with Gasteiger partial charge in [-0.25, -0.2) is 4.98 Å². The van der Waals surface area contributed by atoms with Gasteiger partial charge in [0.2, 0.25) is 11.8 Å². The molecule has 1 unspecified atom stereocenters. The first-order valence-electron chi connectivity index (χ1n) is 11.6. The topological polar surface area (TPSA) is 80.8 Å². The summed E-state index contributed by atoms with van der Waals surface area (Å²) in [5.74, 6) is 1.14. The van der Waals surface area contributed by atoms with Crippen LogP contribution in [-0.4, -0.2) is 54.4 Å². The minimum Gasteiger partial charge on any atom is -0.490 e. The lowest BCUT2D eigenvalue weighted by Gasteiger charge is -2.25. The predicted octanol–water partition coefficient (Wildman–Crippen LogP) is 3.85. The number of amides is 1. The Hall–Kier alpha value is -3.45. The molecule has 1 amide bonds. The van der Waals surface area contributed by atoms with Gasteiger partial charge < -0.3 is 19.7 Å². The van der Waals surface area contributed by atoms with Gasteiger partial charge in [-0.05, 0) is 50.0 Å². The van der Waals surface area contributed by atoms with Crippen molar-refractivity contribution in [3.05, 3.63) is 65.9 Å². The second-order valence-electron chi connectivity index (χ2n) is 9.14. The normalized spacial score (nSPS) is 17.9. The van der Waals surface area contributed by atoms with Gasteiger partial charge >= 0.3 is 0 Å². The number of benzene rings is 2. The van der Waals surface area contributed by atoms with E-state index >= 15 is 0 Å². The highest BCUT2D eigenvalue weighted by Crippen LogP contribution is 2.31. The molecule has 1 aliphatic heterocycles. The average Bonchev–Trinajstić information content (AvgIpc) is 3.16. The molecule has 1 fully saturated rings. The van der Waals surface area contributed by atoms with Crippen molar-refractivity contribution in [1.82, 2.24) is 15.2 Å². The van der Waals surface area contributed by atoms with E-state index in [0.29, 0.717) is 30.2 Å². The quantitative estimate of drug-likeness (QED) is 0.462. The summed E-state index contributed by atoms with van der Waals surface area (Å²) in [4.78, 5) is 30.4. The molecular weight excluding hydrogens is 430 g/mol. The van der Waals surface area contributed by atoms with E-state index in [9.17, 15) is 9.59 Å². The van der Waals surface area contributed by atoms with E-state index < -0.39 is 0 Å². The fourth-order valence-corrected chi connectivity index (χ4v) is 4.42. The van der Waals surface area contributed by atoms with Crippen molar-refractivity contribution in [2.45, 2.75) is 39.0 Å². The van der Waals surface area contributed by atoms with Gasteiger partial charge in [0.05, 0.1) is 17.7 Å². The zero-order valence-electron chi connectivity index (χ0n) is 19.9. The first kappa shape index (κ1) is 23.7. The van der Waals surface area contributed by atoms with Crippen molar-refractivity contribution in [2.75, 3.05) is 20.2 Å². The highest BCUT2D eigenvalue weighted by molar-refractivity contribution is 5.94. The molecule has 4 rings (SSSR count). The van der Waals surface area contributed by atoms with Crippen LogP contribution in [0.15, 0.2) is 54.7 Å². The van der Waals surface area contributed by atoms with Crippen molar-refractivity contribution in [3.63, 3.8) is 0 Å². The largest absolute Gasteiger partial charge is 0.490 e. The van der Waals surface area contributed by atoms with Crippen LogP contribution in [0.3, 0.4) is 0 Å². The number of hydrogen-bond acceptors (Lipinski definition) is 6. The summed E-state index contributed by atoms with van der Waals surface area (Å²) >= 11 is 0. The maximum Gasteiger partial charge on any atom is 0.221 e. The lowest BCUT2D eigenvalue weighted by molar-refractivity contribution is -0.119. The van der Waals surface area contributed by atoms with Crippen molar-refractivity contribution in [3.8, 4) is 11.6 Å². The summed E-state index contributed by atoms with van der Waals surface area (Å²) in [6.07, 6.45) is 2.86. The number of pyridine rings is 1. The first-order chi connectivity index (χ1) is 16.4. The number of carbonyl (C=O) groups is 2. The van der Waals surface area contributed by atoms with Gasteiger partial charge in [-0.1, -0.05) is 30.3 Å². The van der Waals surface area contributed by atoms with E-state index in [2.05, 4.69) is 34.4 Å². The van der Waals surface area contributed by atoms with E-state index in [1.54, 1.807) is 18.3 Å². The van der Waals surface area contributed by atoms with E-state index in [1.807, 2.05) is 38.1 Å². The molecule has 3 aromatic rings. The summed E-state index contributed by atoms with van der Waals surface area (Å²) in [6.45, 7) is 5.74. The fourth-order valence-electron chi connectivity index (χ4n) is 4.42. The number of hydrogen-bond donors (Lipinski definition) is 1. The third-order valence-corrected chi connectivity index (χ3v) is 5.95. The van der Waals surface area contributed by atoms with Crippen LogP contribution >= 0.6 is 0 Å². The first-order valence-corrected chi connectivity index (χ1v) is 11.6. The minimum absolute atomic E-state index is 0.0424. The molecule has 178 valence electrons. The Bertz CT molecular complexity index is 1150.